The van der Waals surface area contributed by atoms with E-state index in [9.17, 15) is 4.79 Å². The molecular formula is C20H14O2. The quantitative estimate of drug-likeness (QED) is 0.301. The van der Waals surface area contributed by atoms with Gasteiger partial charge in [-0.05, 0) is 56.1 Å². The average molecular weight is 286 g/mol. The van der Waals surface area contributed by atoms with Gasteiger partial charge in [0.05, 0.1) is 7.11 Å². The van der Waals surface area contributed by atoms with Crippen molar-refractivity contribution in [3.05, 3.63) is 66.2 Å². The number of ether oxygens (including phenoxy) is 1. The Morgan fingerprint density at radius 3 is 2.00 bits per heavy atom. The van der Waals surface area contributed by atoms with Crippen LogP contribution in [-0.4, -0.2) is 13.1 Å². The van der Waals surface area contributed by atoms with E-state index >= 15 is 0 Å². The van der Waals surface area contributed by atoms with Crippen LogP contribution in [-0.2, 0) is 9.53 Å². The molecule has 0 aliphatic heterocycles. The molecule has 0 aromatic heterocycles. The SMILES string of the molecule is COC(=O)C=Cc1cc2ccc3cccc4ccc(c1)c2c34. The molecule has 106 valence electrons. The van der Waals surface area contributed by atoms with Gasteiger partial charge in [-0.1, -0.05) is 42.5 Å². The zero-order chi connectivity index (χ0) is 15.1. The van der Waals surface area contributed by atoms with Gasteiger partial charge in [0.2, 0.25) is 0 Å². The fourth-order valence-corrected chi connectivity index (χ4v) is 3.11. The van der Waals surface area contributed by atoms with Crippen LogP contribution in [0, 0.1) is 0 Å². The van der Waals surface area contributed by atoms with E-state index in [-0.39, 0.29) is 5.97 Å². The Bertz CT molecular complexity index is 964. The lowest BCUT2D eigenvalue weighted by molar-refractivity contribution is -0.134. The standard InChI is InChI=1S/C20H14O2/c1-22-18(21)10-5-13-11-16-8-6-14-3-2-4-15-7-9-17(12-13)20(16)19(14)15/h2-12H,1H3. The van der Waals surface area contributed by atoms with Crippen LogP contribution in [0.15, 0.2) is 60.7 Å². The maximum absolute atomic E-state index is 11.3. The normalized spacial score (nSPS) is 11.9. The van der Waals surface area contributed by atoms with Gasteiger partial charge >= 0.3 is 5.97 Å². The summed E-state index contributed by atoms with van der Waals surface area (Å²) in [5, 5.41) is 7.48. The first-order valence-electron chi connectivity index (χ1n) is 7.20. The molecule has 0 spiro atoms. The van der Waals surface area contributed by atoms with Crippen molar-refractivity contribution in [3.8, 4) is 0 Å². The minimum Gasteiger partial charge on any atom is -0.466 e. The monoisotopic (exact) mass is 286 g/mol. The van der Waals surface area contributed by atoms with Crippen LogP contribution in [0.1, 0.15) is 5.56 Å². The number of benzene rings is 4. The summed E-state index contributed by atoms with van der Waals surface area (Å²) in [7, 11) is 1.38. The first kappa shape index (κ1) is 12.8. The van der Waals surface area contributed by atoms with Gasteiger partial charge < -0.3 is 4.74 Å². The molecule has 0 heterocycles. The third kappa shape index (κ3) is 1.92. The molecule has 0 aliphatic rings. The highest BCUT2D eigenvalue weighted by molar-refractivity contribution is 6.23. The molecule has 0 aliphatic carbocycles. The summed E-state index contributed by atoms with van der Waals surface area (Å²) in [6.45, 7) is 0. The van der Waals surface area contributed by atoms with E-state index in [0.717, 1.165) is 5.56 Å². The van der Waals surface area contributed by atoms with E-state index in [4.69, 9.17) is 0 Å². The molecule has 4 aromatic rings. The maximum Gasteiger partial charge on any atom is 0.330 e. The second kappa shape index (κ2) is 4.85. The average Bonchev–Trinajstić information content (AvgIpc) is 2.57. The minimum absolute atomic E-state index is 0.343. The summed E-state index contributed by atoms with van der Waals surface area (Å²) in [5.41, 5.74) is 0.997. The molecule has 0 atom stereocenters. The summed E-state index contributed by atoms with van der Waals surface area (Å²) in [5.74, 6) is -0.343. The molecular weight excluding hydrogens is 272 g/mol. The first-order chi connectivity index (χ1) is 10.8. The second-order valence-electron chi connectivity index (χ2n) is 5.41. The number of methoxy groups -OCH3 is 1. The molecule has 0 unspecified atom stereocenters. The Morgan fingerprint density at radius 2 is 1.41 bits per heavy atom. The molecule has 2 nitrogen and oxygen atoms in total. The minimum atomic E-state index is -0.343. The predicted molar refractivity (Wildman–Crippen MR) is 91.2 cm³/mol. The highest BCUT2D eigenvalue weighted by atomic mass is 16.5. The van der Waals surface area contributed by atoms with E-state index < -0.39 is 0 Å². The maximum atomic E-state index is 11.3. The summed E-state index contributed by atoms with van der Waals surface area (Å²) >= 11 is 0. The Hall–Kier alpha value is -2.87. The van der Waals surface area contributed by atoms with E-state index in [1.54, 1.807) is 6.08 Å². The number of rotatable bonds is 2. The van der Waals surface area contributed by atoms with Crippen molar-refractivity contribution < 1.29 is 9.53 Å². The largest absolute Gasteiger partial charge is 0.466 e. The molecule has 0 fully saturated rings. The van der Waals surface area contributed by atoms with Gasteiger partial charge in [0.15, 0.2) is 0 Å². The highest BCUT2D eigenvalue weighted by Gasteiger charge is 2.08. The van der Waals surface area contributed by atoms with Crippen molar-refractivity contribution in [2.24, 2.45) is 0 Å². The molecule has 0 radical (unpaired) electrons. The molecule has 0 amide bonds. The topological polar surface area (TPSA) is 26.3 Å². The van der Waals surface area contributed by atoms with Crippen LogP contribution in [0.4, 0.5) is 0 Å². The van der Waals surface area contributed by atoms with Crippen LogP contribution >= 0.6 is 0 Å². The summed E-state index contributed by atoms with van der Waals surface area (Å²) in [6.07, 6.45) is 3.24. The van der Waals surface area contributed by atoms with Crippen LogP contribution in [0.25, 0.3) is 38.4 Å². The highest BCUT2D eigenvalue weighted by Crippen LogP contribution is 2.35. The van der Waals surface area contributed by atoms with Crippen molar-refractivity contribution in [1.29, 1.82) is 0 Å². The lowest BCUT2D eigenvalue weighted by atomic mass is 9.93. The van der Waals surface area contributed by atoms with Gasteiger partial charge in [0, 0.05) is 6.08 Å². The summed E-state index contributed by atoms with van der Waals surface area (Å²) in [4.78, 5) is 11.3. The van der Waals surface area contributed by atoms with Crippen LogP contribution in [0.5, 0.6) is 0 Å². The van der Waals surface area contributed by atoms with Gasteiger partial charge in [0.1, 0.15) is 0 Å². The smallest absolute Gasteiger partial charge is 0.330 e. The van der Waals surface area contributed by atoms with Crippen molar-refractivity contribution in [1.82, 2.24) is 0 Å². The summed E-state index contributed by atoms with van der Waals surface area (Å²) in [6, 6.07) is 19.2. The molecule has 22 heavy (non-hydrogen) atoms. The second-order valence-corrected chi connectivity index (χ2v) is 5.41. The Balaban J connectivity index is 2.01. The molecule has 0 saturated carbocycles. The number of hydrogen-bond acceptors (Lipinski definition) is 2. The van der Waals surface area contributed by atoms with Crippen molar-refractivity contribution in [3.63, 3.8) is 0 Å². The van der Waals surface area contributed by atoms with Gasteiger partial charge in [-0.2, -0.15) is 0 Å². The number of carbonyl (C=O) groups excluding carboxylic acids is 1. The predicted octanol–water partition coefficient (Wildman–Crippen LogP) is 4.77. The Morgan fingerprint density at radius 1 is 0.864 bits per heavy atom. The molecule has 2 heteroatoms. The third-order valence-electron chi connectivity index (χ3n) is 4.10. The van der Waals surface area contributed by atoms with Gasteiger partial charge in [-0.3, -0.25) is 0 Å². The zero-order valence-corrected chi connectivity index (χ0v) is 12.2. The zero-order valence-electron chi connectivity index (χ0n) is 12.2. The van der Waals surface area contributed by atoms with E-state index in [2.05, 4.69) is 59.3 Å². The Kier molecular flexibility index (Phi) is 2.83. The van der Waals surface area contributed by atoms with Gasteiger partial charge in [-0.25, -0.2) is 4.79 Å². The number of carbonyl (C=O) groups is 1. The summed E-state index contributed by atoms with van der Waals surface area (Å²) < 4.78 is 4.64. The molecule has 0 N–H and O–H groups in total. The van der Waals surface area contributed by atoms with E-state index in [1.165, 1.54) is 45.5 Å². The van der Waals surface area contributed by atoms with Crippen molar-refractivity contribution in [2.75, 3.05) is 7.11 Å². The van der Waals surface area contributed by atoms with E-state index in [1.807, 2.05) is 0 Å². The molecule has 4 rings (SSSR count). The Labute approximate surface area is 128 Å². The number of esters is 1. The molecule has 0 bridgehead atoms. The van der Waals surface area contributed by atoms with Crippen LogP contribution < -0.4 is 0 Å². The number of hydrogen-bond donors (Lipinski definition) is 0. The van der Waals surface area contributed by atoms with Gasteiger partial charge in [-0.15, -0.1) is 0 Å². The van der Waals surface area contributed by atoms with Crippen LogP contribution in [0.2, 0.25) is 0 Å². The van der Waals surface area contributed by atoms with Crippen LogP contribution in [0.3, 0.4) is 0 Å². The third-order valence-corrected chi connectivity index (χ3v) is 4.10. The molecule has 4 aromatic carbocycles. The lowest BCUT2D eigenvalue weighted by Gasteiger charge is -2.11. The molecule has 0 saturated heterocycles. The fourth-order valence-electron chi connectivity index (χ4n) is 3.11. The lowest BCUT2D eigenvalue weighted by Crippen LogP contribution is -1.93. The van der Waals surface area contributed by atoms with Crippen molar-refractivity contribution in [2.45, 2.75) is 0 Å². The first-order valence-corrected chi connectivity index (χ1v) is 7.20. The fraction of sp³-hybridized carbons (Fsp3) is 0.0500. The van der Waals surface area contributed by atoms with E-state index in [0.29, 0.717) is 0 Å². The van der Waals surface area contributed by atoms with Gasteiger partial charge in [0.25, 0.3) is 0 Å². The van der Waals surface area contributed by atoms with Crippen molar-refractivity contribution >= 4 is 44.4 Å².